The van der Waals surface area contributed by atoms with Crippen LogP contribution in [0.3, 0.4) is 0 Å². The number of nitrogens with two attached hydrogens (primary N) is 1. The van der Waals surface area contributed by atoms with Gasteiger partial charge in [-0.05, 0) is 30.3 Å². The summed E-state index contributed by atoms with van der Waals surface area (Å²) in [7, 11) is 0. The van der Waals surface area contributed by atoms with Gasteiger partial charge in [0.2, 0.25) is 5.95 Å². The van der Waals surface area contributed by atoms with Crippen LogP contribution >= 0.6 is 11.6 Å². The van der Waals surface area contributed by atoms with Gasteiger partial charge in [0, 0.05) is 0 Å². The lowest BCUT2D eigenvalue weighted by molar-refractivity contribution is 0.627. The van der Waals surface area contributed by atoms with Crippen LogP contribution < -0.4 is 5.73 Å². The zero-order valence-corrected chi connectivity index (χ0v) is 10.3. The lowest BCUT2D eigenvalue weighted by Crippen LogP contribution is -2.01. The number of hydrogen-bond donors (Lipinski definition) is 1. The number of nitrogens with zero attached hydrogens (tertiary/aromatic N) is 2. The molecule has 0 saturated heterocycles. The first-order valence-corrected chi connectivity index (χ1v) is 5.83. The minimum absolute atomic E-state index is 0.0120. The summed E-state index contributed by atoms with van der Waals surface area (Å²) in [5.41, 5.74) is 6.83. The molecule has 2 N–H and O–H groups in total. The van der Waals surface area contributed by atoms with E-state index in [0.717, 1.165) is 0 Å². The molecule has 3 nitrogen and oxygen atoms in total. The maximum absolute atomic E-state index is 13.6. The molecule has 0 aliphatic heterocycles. The van der Waals surface area contributed by atoms with Crippen molar-refractivity contribution in [3.63, 3.8) is 0 Å². The summed E-state index contributed by atoms with van der Waals surface area (Å²) in [4.78, 5) is 3.95. The Hall–Kier alpha value is -2.14. The molecule has 0 saturated carbocycles. The highest BCUT2D eigenvalue weighted by Gasteiger charge is 2.13. The number of para-hydroxylation sites is 1. The molecule has 0 spiro atoms. The summed E-state index contributed by atoms with van der Waals surface area (Å²) < 4.78 is 28.6. The second kappa shape index (κ2) is 4.20. The molecule has 0 aliphatic rings. The van der Waals surface area contributed by atoms with Crippen LogP contribution in [0.15, 0.2) is 36.4 Å². The molecular formula is C13H8ClF2N3. The van der Waals surface area contributed by atoms with E-state index in [1.54, 1.807) is 18.2 Å². The van der Waals surface area contributed by atoms with Crippen LogP contribution in [0.1, 0.15) is 0 Å². The molecule has 96 valence electrons. The van der Waals surface area contributed by atoms with Gasteiger partial charge >= 0.3 is 0 Å². The van der Waals surface area contributed by atoms with Gasteiger partial charge in [0.05, 0.1) is 16.2 Å². The van der Waals surface area contributed by atoms with E-state index in [9.17, 15) is 8.78 Å². The quantitative estimate of drug-likeness (QED) is 0.740. The van der Waals surface area contributed by atoms with Crippen molar-refractivity contribution in [2.45, 2.75) is 0 Å². The highest BCUT2D eigenvalue weighted by atomic mass is 35.5. The summed E-state index contributed by atoms with van der Waals surface area (Å²) in [6.07, 6.45) is 0. The Morgan fingerprint density at radius 1 is 1.11 bits per heavy atom. The highest BCUT2D eigenvalue weighted by Crippen LogP contribution is 2.26. The van der Waals surface area contributed by atoms with Gasteiger partial charge in [-0.25, -0.2) is 13.8 Å². The van der Waals surface area contributed by atoms with E-state index >= 15 is 0 Å². The topological polar surface area (TPSA) is 43.8 Å². The van der Waals surface area contributed by atoms with Crippen LogP contribution in [0.5, 0.6) is 0 Å². The predicted molar refractivity (Wildman–Crippen MR) is 70.4 cm³/mol. The van der Waals surface area contributed by atoms with Crippen molar-refractivity contribution in [1.29, 1.82) is 0 Å². The largest absolute Gasteiger partial charge is 0.369 e. The van der Waals surface area contributed by atoms with E-state index in [-0.39, 0.29) is 16.5 Å². The van der Waals surface area contributed by atoms with E-state index in [1.165, 1.54) is 22.8 Å². The number of halogens is 3. The van der Waals surface area contributed by atoms with Crippen molar-refractivity contribution in [2.24, 2.45) is 0 Å². The summed E-state index contributed by atoms with van der Waals surface area (Å²) in [6.45, 7) is 0. The molecule has 0 amide bonds. The summed E-state index contributed by atoms with van der Waals surface area (Å²) in [6, 6.07) is 8.73. The van der Waals surface area contributed by atoms with E-state index in [4.69, 9.17) is 17.3 Å². The minimum Gasteiger partial charge on any atom is -0.369 e. The Labute approximate surface area is 112 Å². The molecule has 19 heavy (non-hydrogen) atoms. The fraction of sp³-hybridized carbons (Fsp3) is 0. The van der Waals surface area contributed by atoms with Crippen molar-refractivity contribution in [2.75, 3.05) is 5.73 Å². The summed E-state index contributed by atoms with van der Waals surface area (Å²) in [5, 5.41) is 0.0120. The lowest BCUT2D eigenvalue weighted by atomic mass is 10.2. The molecule has 3 aromatic rings. The van der Waals surface area contributed by atoms with Gasteiger partial charge in [0.25, 0.3) is 0 Å². The molecule has 3 rings (SSSR count). The highest BCUT2D eigenvalue weighted by molar-refractivity contribution is 6.30. The Balaban J connectivity index is 2.33. The van der Waals surface area contributed by atoms with E-state index in [0.29, 0.717) is 11.2 Å². The monoisotopic (exact) mass is 279 g/mol. The molecule has 0 atom stereocenters. The van der Waals surface area contributed by atoms with Crippen molar-refractivity contribution in [3.05, 3.63) is 53.1 Å². The van der Waals surface area contributed by atoms with Crippen LogP contribution in [0.4, 0.5) is 14.7 Å². The van der Waals surface area contributed by atoms with Gasteiger partial charge in [-0.15, -0.1) is 0 Å². The third-order valence-electron chi connectivity index (χ3n) is 2.82. The van der Waals surface area contributed by atoms with E-state index in [2.05, 4.69) is 4.98 Å². The Bertz CT molecular complexity index is 783. The molecule has 0 radical (unpaired) electrons. The zero-order chi connectivity index (χ0) is 13.6. The number of benzene rings is 2. The van der Waals surface area contributed by atoms with Crippen LogP contribution in [-0.4, -0.2) is 9.55 Å². The normalized spacial score (nSPS) is 11.1. The fourth-order valence-electron chi connectivity index (χ4n) is 1.98. The van der Waals surface area contributed by atoms with Crippen molar-refractivity contribution in [1.82, 2.24) is 9.55 Å². The first-order valence-electron chi connectivity index (χ1n) is 5.46. The van der Waals surface area contributed by atoms with Crippen LogP contribution in [0, 0.1) is 11.6 Å². The maximum Gasteiger partial charge on any atom is 0.206 e. The Morgan fingerprint density at radius 2 is 1.89 bits per heavy atom. The standard InChI is InChI=1S/C13H8ClF2N3/c14-8-5-4-7(6-10(8)16)19-11-3-1-2-9(15)12(11)18-13(19)17/h1-6H,(H2,17,18). The molecule has 0 aliphatic carbocycles. The zero-order valence-electron chi connectivity index (χ0n) is 9.57. The number of imidazole rings is 1. The van der Waals surface area contributed by atoms with Crippen molar-refractivity contribution < 1.29 is 8.78 Å². The Kier molecular flexibility index (Phi) is 2.64. The van der Waals surface area contributed by atoms with Crippen molar-refractivity contribution in [3.8, 4) is 5.69 Å². The predicted octanol–water partition coefficient (Wildman–Crippen LogP) is 3.54. The fourth-order valence-corrected chi connectivity index (χ4v) is 2.10. The summed E-state index contributed by atoms with van der Waals surface area (Å²) >= 11 is 5.63. The van der Waals surface area contributed by atoms with E-state index < -0.39 is 11.6 Å². The second-order valence-corrected chi connectivity index (χ2v) is 4.42. The molecule has 0 fully saturated rings. The third kappa shape index (κ3) is 1.82. The number of rotatable bonds is 1. The van der Waals surface area contributed by atoms with Gasteiger partial charge in [-0.3, -0.25) is 4.57 Å². The van der Waals surface area contributed by atoms with Crippen LogP contribution in [0.2, 0.25) is 5.02 Å². The molecule has 2 aromatic carbocycles. The number of nitrogen functional groups attached to an aromatic ring is 1. The SMILES string of the molecule is Nc1nc2c(F)cccc2n1-c1ccc(Cl)c(F)c1. The molecule has 1 heterocycles. The number of aromatic nitrogens is 2. The van der Waals surface area contributed by atoms with Gasteiger partial charge in [-0.1, -0.05) is 17.7 Å². The number of fused-ring (bicyclic) bond motifs is 1. The first-order chi connectivity index (χ1) is 9.08. The molecule has 0 unspecified atom stereocenters. The third-order valence-corrected chi connectivity index (χ3v) is 3.13. The summed E-state index contributed by atoms with van der Waals surface area (Å²) in [5.74, 6) is -0.962. The number of anilines is 1. The average molecular weight is 280 g/mol. The van der Waals surface area contributed by atoms with Gasteiger partial charge in [0.1, 0.15) is 11.3 Å². The smallest absolute Gasteiger partial charge is 0.206 e. The molecular weight excluding hydrogens is 272 g/mol. The average Bonchev–Trinajstić information content (AvgIpc) is 2.71. The van der Waals surface area contributed by atoms with Crippen LogP contribution in [-0.2, 0) is 0 Å². The van der Waals surface area contributed by atoms with Gasteiger partial charge in [0.15, 0.2) is 5.82 Å². The van der Waals surface area contributed by atoms with E-state index in [1.807, 2.05) is 0 Å². The lowest BCUT2D eigenvalue weighted by Gasteiger charge is -2.07. The molecule has 0 bridgehead atoms. The molecule has 1 aromatic heterocycles. The first kappa shape index (κ1) is 11.9. The van der Waals surface area contributed by atoms with Crippen molar-refractivity contribution >= 4 is 28.6 Å². The van der Waals surface area contributed by atoms with Gasteiger partial charge in [-0.2, -0.15) is 0 Å². The molecule has 6 heteroatoms. The Morgan fingerprint density at radius 3 is 2.63 bits per heavy atom. The minimum atomic E-state index is -0.572. The van der Waals surface area contributed by atoms with Gasteiger partial charge < -0.3 is 5.73 Å². The second-order valence-electron chi connectivity index (χ2n) is 4.01. The number of hydrogen-bond acceptors (Lipinski definition) is 2. The van der Waals surface area contributed by atoms with Crippen LogP contribution in [0.25, 0.3) is 16.7 Å². The maximum atomic E-state index is 13.6.